The van der Waals surface area contributed by atoms with E-state index >= 15 is 0 Å². The number of hydrogen-bond acceptors (Lipinski definition) is 5. The van der Waals surface area contributed by atoms with Gasteiger partial charge in [0.15, 0.2) is 0 Å². The highest BCUT2D eigenvalue weighted by atomic mass is 79.9. The highest BCUT2D eigenvalue weighted by molar-refractivity contribution is 9.10. The van der Waals surface area contributed by atoms with E-state index in [0.29, 0.717) is 25.2 Å². The maximum absolute atomic E-state index is 13.4. The largest absolute Gasteiger partial charge is 0.335 e. The summed E-state index contributed by atoms with van der Waals surface area (Å²) in [6.07, 6.45) is 1.64. The fraction of sp³-hybridized carbons (Fsp3) is 0.391. The van der Waals surface area contributed by atoms with Gasteiger partial charge in [0.1, 0.15) is 5.88 Å². The van der Waals surface area contributed by atoms with Crippen LogP contribution in [-0.2, 0) is 4.79 Å². The van der Waals surface area contributed by atoms with E-state index < -0.39 is 0 Å². The average molecular weight is 551 g/mol. The fourth-order valence-corrected chi connectivity index (χ4v) is 5.33. The molecule has 1 aromatic carbocycles. The molecule has 33 heavy (non-hydrogen) atoms. The SMILES string of the molecule is CC(C)c1c(C(=O)N2CCN(C(=O)CCl)[C@@H](C)C2)cnn1-c1nc(-c2ccc(Br)cc2)cs1. The Labute approximate surface area is 210 Å². The molecule has 174 valence electrons. The number of hydrogen-bond donors (Lipinski definition) is 0. The lowest BCUT2D eigenvalue weighted by atomic mass is 10.0. The van der Waals surface area contributed by atoms with E-state index in [1.807, 2.05) is 50.4 Å². The highest BCUT2D eigenvalue weighted by Crippen LogP contribution is 2.29. The Morgan fingerprint density at radius 1 is 1.24 bits per heavy atom. The molecule has 0 saturated carbocycles. The number of alkyl halides is 1. The normalized spacial score (nSPS) is 16.5. The number of amides is 2. The molecule has 2 amide bonds. The van der Waals surface area contributed by atoms with E-state index in [1.165, 1.54) is 11.3 Å². The Bertz CT molecular complexity index is 1160. The monoisotopic (exact) mass is 549 g/mol. The first-order chi connectivity index (χ1) is 15.8. The molecule has 0 N–H and O–H groups in total. The summed E-state index contributed by atoms with van der Waals surface area (Å²) in [5, 5.41) is 7.27. The number of rotatable bonds is 5. The van der Waals surface area contributed by atoms with Crippen molar-refractivity contribution in [1.29, 1.82) is 0 Å². The van der Waals surface area contributed by atoms with Gasteiger partial charge >= 0.3 is 0 Å². The van der Waals surface area contributed by atoms with Gasteiger partial charge in [-0.3, -0.25) is 9.59 Å². The van der Waals surface area contributed by atoms with Gasteiger partial charge in [-0.15, -0.1) is 22.9 Å². The predicted octanol–water partition coefficient (Wildman–Crippen LogP) is 4.79. The van der Waals surface area contributed by atoms with Crippen LogP contribution < -0.4 is 0 Å². The van der Waals surface area contributed by atoms with Gasteiger partial charge in [0.05, 0.1) is 23.1 Å². The van der Waals surface area contributed by atoms with Gasteiger partial charge in [0.25, 0.3) is 5.91 Å². The lowest BCUT2D eigenvalue weighted by molar-refractivity contribution is -0.132. The highest BCUT2D eigenvalue weighted by Gasteiger charge is 2.32. The Balaban J connectivity index is 1.60. The number of carbonyl (C=O) groups is 2. The van der Waals surface area contributed by atoms with Crippen molar-refractivity contribution in [3.05, 3.63) is 51.6 Å². The van der Waals surface area contributed by atoms with E-state index in [1.54, 1.807) is 20.7 Å². The second-order valence-corrected chi connectivity index (χ2v) is 10.4. The minimum Gasteiger partial charge on any atom is -0.335 e. The molecule has 10 heteroatoms. The molecule has 7 nitrogen and oxygen atoms in total. The quantitative estimate of drug-likeness (QED) is 0.428. The number of nitrogens with zero attached hydrogens (tertiary/aromatic N) is 5. The summed E-state index contributed by atoms with van der Waals surface area (Å²) in [6.45, 7) is 7.46. The molecule has 4 rings (SSSR count). The van der Waals surface area contributed by atoms with Crippen LogP contribution in [0.3, 0.4) is 0 Å². The van der Waals surface area contributed by atoms with Crippen LogP contribution in [0.15, 0.2) is 40.3 Å². The summed E-state index contributed by atoms with van der Waals surface area (Å²) in [4.78, 5) is 33.8. The molecular weight excluding hydrogens is 526 g/mol. The molecule has 1 aliphatic heterocycles. The minimum atomic E-state index is -0.0997. The maximum atomic E-state index is 13.4. The zero-order chi connectivity index (χ0) is 23.7. The van der Waals surface area contributed by atoms with Crippen LogP contribution in [-0.4, -0.2) is 67.9 Å². The molecule has 1 saturated heterocycles. The number of halogens is 2. The lowest BCUT2D eigenvalue weighted by Crippen LogP contribution is -2.55. The molecule has 1 aliphatic rings. The molecular formula is C23H25BrClN5O2S. The standard InChI is InChI=1S/C23H25BrClN5O2S/c1-14(2)21-18(22(32)28-8-9-29(15(3)12-28)20(31)10-25)11-26-30(21)23-27-19(13-33-23)16-4-6-17(24)7-5-16/h4-7,11,13-15H,8-10,12H2,1-3H3/t15-/m0/s1. The fourth-order valence-electron chi connectivity index (χ4n) is 4.11. The third-order valence-electron chi connectivity index (χ3n) is 5.75. The van der Waals surface area contributed by atoms with E-state index in [9.17, 15) is 9.59 Å². The Morgan fingerprint density at radius 3 is 2.61 bits per heavy atom. The van der Waals surface area contributed by atoms with Crippen molar-refractivity contribution >= 4 is 50.7 Å². The van der Waals surface area contributed by atoms with Crippen molar-refractivity contribution in [2.24, 2.45) is 0 Å². The van der Waals surface area contributed by atoms with Gasteiger partial charge in [-0.05, 0) is 25.0 Å². The van der Waals surface area contributed by atoms with E-state index in [4.69, 9.17) is 16.6 Å². The van der Waals surface area contributed by atoms with E-state index in [-0.39, 0.29) is 29.7 Å². The second kappa shape index (κ2) is 9.95. The molecule has 3 aromatic rings. The van der Waals surface area contributed by atoms with E-state index in [2.05, 4.69) is 21.0 Å². The summed E-state index contributed by atoms with van der Waals surface area (Å²) in [5.74, 6) is -0.140. The summed E-state index contributed by atoms with van der Waals surface area (Å²) in [7, 11) is 0. The second-order valence-electron chi connectivity index (χ2n) is 8.35. The summed E-state index contributed by atoms with van der Waals surface area (Å²) in [5.41, 5.74) is 3.31. The van der Waals surface area contributed by atoms with Crippen molar-refractivity contribution in [1.82, 2.24) is 24.6 Å². The van der Waals surface area contributed by atoms with Crippen LogP contribution >= 0.6 is 38.9 Å². The first-order valence-corrected chi connectivity index (χ1v) is 12.9. The smallest absolute Gasteiger partial charge is 0.257 e. The maximum Gasteiger partial charge on any atom is 0.257 e. The van der Waals surface area contributed by atoms with Crippen LogP contribution in [0, 0.1) is 0 Å². The van der Waals surface area contributed by atoms with Crippen molar-refractivity contribution in [3.63, 3.8) is 0 Å². The van der Waals surface area contributed by atoms with Crippen molar-refractivity contribution in [3.8, 4) is 16.4 Å². The molecule has 1 atom stereocenters. The number of aromatic nitrogens is 3. The molecule has 0 aliphatic carbocycles. The molecule has 3 heterocycles. The molecule has 0 radical (unpaired) electrons. The van der Waals surface area contributed by atoms with Gasteiger partial charge in [0.2, 0.25) is 11.0 Å². The zero-order valence-corrected chi connectivity index (χ0v) is 21.8. The number of benzene rings is 1. The van der Waals surface area contributed by atoms with Crippen LogP contribution in [0.1, 0.15) is 42.7 Å². The predicted molar refractivity (Wildman–Crippen MR) is 134 cm³/mol. The number of carbonyl (C=O) groups excluding carboxylic acids is 2. The van der Waals surface area contributed by atoms with E-state index in [0.717, 1.165) is 26.6 Å². The van der Waals surface area contributed by atoms with Gasteiger partial charge in [-0.1, -0.05) is 41.9 Å². The average Bonchev–Trinajstić information content (AvgIpc) is 3.46. The molecule has 0 bridgehead atoms. The molecule has 0 spiro atoms. The van der Waals surface area contributed by atoms with Crippen LogP contribution in [0.4, 0.5) is 0 Å². The van der Waals surface area contributed by atoms with Crippen molar-refractivity contribution < 1.29 is 9.59 Å². The third kappa shape index (κ3) is 4.85. The number of thiazole rings is 1. The number of piperazine rings is 1. The lowest BCUT2D eigenvalue weighted by Gasteiger charge is -2.39. The Morgan fingerprint density at radius 2 is 1.97 bits per heavy atom. The van der Waals surface area contributed by atoms with Crippen LogP contribution in [0.25, 0.3) is 16.4 Å². The van der Waals surface area contributed by atoms with Gasteiger partial charge < -0.3 is 9.80 Å². The van der Waals surface area contributed by atoms with Gasteiger partial charge in [-0.2, -0.15) is 5.10 Å². The minimum absolute atomic E-state index is 0.0430. The first kappa shape index (κ1) is 23.9. The first-order valence-electron chi connectivity index (χ1n) is 10.7. The van der Waals surface area contributed by atoms with Crippen LogP contribution in [0.2, 0.25) is 0 Å². The van der Waals surface area contributed by atoms with Crippen molar-refractivity contribution in [2.45, 2.75) is 32.7 Å². The Hall–Kier alpha value is -2.23. The summed E-state index contributed by atoms with van der Waals surface area (Å²) in [6, 6.07) is 7.92. The van der Waals surface area contributed by atoms with Gasteiger partial charge in [0, 0.05) is 41.1 Å². The molecule has 0 unspecified atom stereocenters. The third-order valence-corrected chi connectivity index (χ3v) is 7.32. The Kier molecular flexibility index (Phi) is 7.21. The van der Waals surface area contributed by atoms with Crippen molar-refractivity contribution in [2.75, 3.05) is 25.5 Å². The summed E-state index contributed by atoms with van der Waals surface area (Å²) < 4.78 is 2.79. The topological polar surface area (TPSA) is 71.3 Å². The molecule has 1 fully saturated rings. The zero-order valence-electron chi connectivity index (χ0n) is 18.7. The van der Waals surface area contributed by atoms with Crippen LogP contribution in [0.5, 0.6) is 0 Å². The summed E-state index contributed by atoms with van der Waals surface area (Å²) >= 11 is 10.7. The van der Waals surface area contributed by atoms with Gasteiger partial charge in [-0.25, -0.2) is 9.67 Å². The molecule has 2 aromatic heterocycles.